The summed E-state index contributed by atoms with van der Waals surface area (Å²) < 4.78 is 11.2. The van der Waals surface area contributed by atoms with Crippen LogP contribution in [0.15, 0.2) is 12.3 Å². The molecule has 140 valence electrons. The molecule has 0 radical (unpaired) electrons. The fourth-order valence-corrected chi connectivity index (χ4v) is 3.22. The van der Waals surface area contributed by atoms with E-state index in [4.69, 9.17) is 9.47 Å². The van der Waals surface area contributed by atoms with Gasteiger partial charge in [-0.15, -0.1) is 0 Å². The molecule has 1 aliphatic rings. The zero-order valence-electron chi connectivity index (χ0n) is 16.4. The number of hydrogen-bond donors (Lipinski definition) is 1. The molecule has 0 aliphatic heterocycles. The Labute approximate surface area is 151 Å². The number of hydrogen-bond acceptors (Lipinski definition) is 4. The number of carbonyl (C=O) groups excluding carboxylic acids is 1. The molecule has 1 unspecified atom stereocenters. The summed E-state index contributed by atoms with van der Waals surface area (Å²) in [5, 5.41) is 3.02. The molecule has 0 fully saturated rings. The van der Waals surface area contributed by atoms with Crippen LogP contribution in [0, 0.1) is 0 Å². The quantitative estimate of drug-likeness (QED) is 0.805. The summed E-state index contributed by atoms with van der Waals surface area (Å²) in [5.41, 5.74) is 2.37. The minimum atomic E-state index is -0.499. The molecule has 0 saturated carbocycles. The number of carbonyl (C=O) groups is 1. The van der Waals surface area contributed by atoms with Gasteiger partial charge in [-0.3, -0.25) is 4.98 Å². The van der Waals surface area contributed by atoms with Crippen molar-refractivity contribution in [3.63, 3.8) is 0 Å². The van der Waals surface area contributed by atoms with Gasteiger partial charge in [-0.25, -0.2) is 4.79 Å². The fraction of sp³-hybridized carbons (Fsp3) is 0.700. The van der Waals surface area contributed by atoms with E-state index in [0.29, 0.717) is 6.61 Å². The van der Waals surface area contributed by atoms with Crippen molar-refractivity contribution in [2.45, 2.75) is 84.5 Å². The Kier molecular flexibility index (Phi) is 6.09. The van der Waals surface area contributed by atoms with Gasteiger partial charge in [0.05, 0.1) is 11.7 Å². The first kappa shape index (κ1) is 19.7. The molecule has 0 aromatic carbocycles. The Hall–Kier alpha value is -1.62. The number of rotatable bonds is 4. The molecule has 0 spiro atoms. The second-order valence-corrected chi connectivity index (χ2v) is 8.16. The first-order chi connectivity index (χ1) is 11.6. The second-order valence-electron chi connectivity index (χ2n) is 8.16. The van der Waals surface area contributed by atoms with Crippen LogP contribution in [0.25, 0.3) is 0 Å². The number of aromatic nitrogens is 1. The summed E-state index contributed by atoms with van der Waals surface area (Å²) in [7, 11) is 0. The Bertz CT molecular complexity index is 605. The van der Waals surface area contributed by atoms with Crippen molar-refractivity contribution in [2.24, 2.45) is 0 Å². The van der Waals surface area contributed by atoms with Gasteiger partial charge < -0.3 is 14.8 Å². The average Bonchev–Trinajstić information content (AvgIpc) is 2.67. The summed E-state index contributed by atoms with van der Waals surface area (Å²) in [6.07, 6.45) is 5.61. The van der Waals surface area contributed by atoms with Crippen molar-refractivity contribution in [3.8, 4) is 0 Å². The van der Waals surface area contributed by atoms with Crippen LogP contribution < -0.4 is 5.32 Å². The van der Waals surface area contributed by atoms with Gasteiger partial charge >= 0.3 is 6.09 Å². The third-order valence-corrected chi connectivity index (χ3v) is 4.40. The highest BCUT2D eigenvalue weighted by atomic mass is 16.6. The topological polar surface area (TPSA) is 60.5 Å². The van der Waals surface area contributed by atoms with E-state index in [-0.39, 0.29) is 12.1 Å². The van der Waals surface area contributed by atoms with Crippen molar-refractivity contribution >= 4 is 6.09 Å². The van der Waals surface area contributed by atoms with Crippen molar-refractivity contribution in [1.29, 1.82) is 0 Å². The second kappa shape index (κ2) is 7.73. The molecule has 2 rings (SSSR count). The number of ether oxygens (including phenoxy) is 2. The summed E-state index contributed by atoms with van der Waals surface area (Å²) in [4.78, 5) is 16.8. The van der Waals surface area contributed by atoms with Gasteiger partial charge in [0.15, 0.2) is 0 Å². The summed E-state index contributed by atoms with van der Waals surface area (Å²) in [6, 6.07) is 2.09. The molecule has 1 atom stereocenters. The van der Waals surface area contributed by atoms with Gasteiger partial charge in [0.25, 0.3) is 0 Å². The standard InChI is InChI=1S/C20H32N2O3/c1-7-24-20(5,6)17-12-14-10-8-9-11-16(15(14)13-21-17)22-18(23)25-19(2,3)4/h12-13,16H,7-11H2,1-6H3,(H,22,23). The minimum absolute atomic E-state index is 0.0518. The molecular weight excluding hydrogens is 316 g/mol. The maximum Gasteiger partial charge on any atom is 0.408 e. The molecule has 1 aromatic rings. The monoisotopic (exact) mass is 348 g/mol. The lowest BCUT2D eigenvalue weighted by molar-refractivity contribution is -0.0173. The van der Waals surface area contributed by atoms with Crippen molar-refractivity contribution in [2.75, 3.05) is 6.61 Å². The van der Waals surface area contributed by atoms with Crippen LogP contribution >= 0.6 is 0 Å². The molecule has 0 saturated heterocycles. The highest BCUT2D eigenvalue weighted by Gasteiger charge is 2.27. The van der Waals surface area contributed by atoms with E-state index in [9.17, 15) is 4.79 Å². The SMILES string of the molecule is CCOC(C)(C)c1cc2c(cn1)C(NC(=O)OC(C)(C)C)CCCC2. The van der Waals surface area contributed by atoms with E-state index in [1.807, 2.05) is 47.7 Å². The summed E-state index contributed by atoms with van der Waals surface area (Å²) >= 11 is 0. The lowest BCUT2D eigenvalue weighted by Gasteiger charge is -2.27. The van der Waals surface area contributed by atoms with Gasteiger partial charge in [0.1, 0.15) is 11.2 Å². The average molecular weight is 348 g/mol. The number of nitrogens with zero attached hydrogens (tertiary/aromatic N) is 1. The van der Waals surface area contributed by atoms with Gasteiger partial charge in [-0.1, -0.05) is 6.42 Å². The lowest BCUT2D eigenvalue weighted by atomic mass is 9.96. The van der Waals surface area contributed by atoms with E-state index in [0.717, 1.165) is 36.9 Å². The van der Waals surface area contributed by atoms with Gasteiger partial charge in [0.2, 0.25) is 0 Å². The van der Waals surface area contributed by atoms with E-state index < -0.39 is 11.2 Å². The molecule has 1 amide bonds. The maximum absolute atomic E-state index is 12.2. The summed E-state index contributed by atoms with van der Waals surface area (Å²) in [5.74, 6) is 0. The molecule has 5 nitrogen and oxygen atoms in total. The zero-order valence-corrected chi connectivity index (χ0v) is 16.4. The Morgan fingerprint density at radius 2 is 2.00 bits per heavy atom. The first-order valence-corrected chi connectivity index (χ1v) is 9.25. The number of aryl methyl sites for hydroxylation is 1. The number of alkyl carbamates (subject to hydrolysis) is 1. The highest BCUT2D eigenvalue weighted by Crippen LogP contribution is 2.32. The van der Waals surface area contributed by atoms with E-state index in [2.05, 4.69) is 16.4 Å². The third-order valence-electron chi connectivity index (χ3n) is 4.40. The zero-order chi connectivity index (χ0) is 18.7. The molecule has 1 aliphatic carbocycles. The Morgan fingerprint density at radius 1 is 1.28 bits per heavy atom. The first-order valence-electron chi connectivity index (χ1n) is 9.25. The van der Waals surface area contributed by atoms with E-state index in [1.54, 1.807) is 0 Å². The molecule has 1 N–H and O–H groups in total. The predicted octanol–water partition coefficient (Wildman–Crippen LogP) is 4.65. The van der Waals surface area contributed by atoms with Crippen LogP contribution in [-0.4, -0.2) is 23.3 Å². The molecule has 25 heavy (non-hydrogen) atoms. The predicted molar refractivity (Wildman–Crippen MR) is 98.6 cm³/mol. The van der Waals surface area contributed by atoms with Crippen molar-refractivity contribution < 1.29 is 14.3 Å². The molecule has 0 bridgehead atoms. The highest BCUT2D eigenvalue weighted by molar-refractivity contribution is 5.68. The molecule has 1 aromatic heterocycles. The van der Waals surface area contributed by atoms with Crippen LogP contribution in [0.3, 0.4) is 0 Å². The Balaban J connectivity index is 2.23. The van der Waals surface area contributed by atoms with Crippen LogP contribution in [0.5, 0.6) is 0 Å². The van der Waals surface area contributed by atoms with Gasteiger partial charge in [-0.05, 0) is 78.0 Å². The van der Waals surface area contributed by atoms with Gasteiger partial charge in [0, 0.05) is 12.8 Å². The maximum atomic E-state index is 12.2. The summed E-state index contributed by atoms with van der Waals surface area (Å²) in [6.45, 7) is 12.3. The van der Waals surface area contributed by atoms with E-state index >= 15 is 0 Å². The number of pyridine rings is 1. The van der Waals surface area contributed by atoms with Crippen LogP contribution in [0.4, 0.5) is 4.79 Å². The molecule has 5 heteroatoms. The number of fused-ring (bicyclic) bond motifs is 1. The van der Waals surface area contributed by atoms with Gasteiger partial charge in [-0.2, -0.15) is 0 Å². The number of amides is 1. The fourth-order valence-electron chi connectivity index (χ4n) is 3.22. The van der Waals surface area contributed by atoms with Crippen molar-refractivity contribution in [1.82, 2.24) is 10.3 Å². The minimum Gasteiger partial charge on any atom is -0.444 e. The molecular formula is C20H32N2O3. The normalized spacial score (nSPS) is 18.2. The van der Waals surface area contributed by atoms with E-state index in [1.165, 1.54) is 5.56 Å². The third kappa shape index (κ3) is 5.43. The van der Waals surface area contributed by atoms with Crippen LogP contribution in [-0.2, 0) is 21.5 Å². The smallest absolute Gasteiger partial charge is 0.408 e. The van der Waals surface area contributed by atoms with Crippen molar-refractivity contribution in [3.05, 3.63) is 29.1 Å². The Morgan fingerprint density at radius 3 is 2.64 bits per heavy atom. The van der Waals surface area contributed by atoms with Crippen LogP contribution in [0.2, 0.25) is 0 Å². The largest absolute Gasteiger partial charge is 0.444 e. The van der Waals surface area contributed by atoms with Crippen LogP contribution in [0.1, 0.15) is 83.7 Å². The number of nitrogens with one attached hydrogen (secondary N) is 1. The lowest BCUT2D eigenvalue weighted by Crippen LogP contribution is -2.35. The molecule has 1 heterocycles.